The van der Waals surface area contributed by atoms with E-state index in [1.54, 1.807) is 7.11 Å². The summed E-state index contributed by atoms with van der Waals surface area (Å²) < 4.78 is 5.23. The van der Waals surface area contributed by atoms with Crippen molar-refractivity contribution in [3.05, 3.63) is 28.8 Å². The lowest BCUT2D eigenvalue weighted by atomic mass is 9.89. The van der Waals surface area contributed by atoms with E-state index in [-0.39, 0.29) is 0 Å². The Kier molecular flexibility index (Phi) is 3.69. The molecule has 0 atom stereocenters. The van der Waals surface area contributed by atoms with Crippen LogP contribution in [0.5, 0.6) is 0 Å². The highest BCUT2D eigenvalue weighted by Gasteiger charge is 2.28. The van der Waals surface area contributed by atoms with E-state index in [0.29, 0.717) is 22.9 Å². The van der Waals surface area contributed by atoms with Crippen molar-refractivity contribution in [3.63, 3.8) is 0 Å². The van der Waals surface area contributed by atoms with Gasteiger partial charge in [-0.05, 0) is 30.5 Å². The van der Waals surface area contributed by atoms with Crippen LogP contribution >= 0.6 is 11.6 Å². The Morgan fingerprint density at radius 1 is 1.50 bits per heavy atom. The molecule has 1 aliphatic rings. The average molecular weight is 241 g/mol. The van der Waals surface area contributed by atoms with Crippen LogP contribution in [0.3, 0.4) is 0 Å². The van der Waals surface area contributed by atoms with Crippen molar-refractivity contribution >= 4 is 17.3 Å². The van der Waals surface area contributed by atoms with Crippen molar-refractivity contribution in [3.8, 4) is 0 Å². The van der Waals surface area contributed by atoms with Crippen molar-refractivity contribution < 1.29 is 4.74 Å². The van der Waals surface area contributed by atoms with Crippen molar-refractivity contribution in [1.82, 2.24) is 5.32 Å². The van der Waals surface area contributed by atoms with Gasteiger partial charge in [0.05, 0.1) is 16.8 Å². The van der Waals surface area contributed by atoms with Crippen molar-refractivity contribution in [1.29, 1.82) is 0 Å². The normalized spacial score (nSPS) is 24.1. The van der Waals surface area contributed by atoms with E-state index in [0.717, 1.165) is 19.4 Å². The molecule has 1 aliphatic carbocycles. The van der Waals surface area contributed by atoms with Gasteiger partial charge in [-0.2, -0.15) is 0 Å². The molecular formula is C12H17ClN2O. The van der Waals surface area contributed by atoms with Crippen LogP contribution in [-0.4, -0.2) is 19.3 Å². The van der Waals surface area contributed by atoms with Crippen LogP contribution in [-0.2, 0) is 11.3 Å². The van der Waals surface area contributed by atoms with Gasteiger partial charge in [0.1, 0.15) is 0 Å². The quantitative estimate of drug-likeness (QED) is 0.794. The largest absolute Gasteiger partial charge is 0.398 e. The summed E-state index contributed by atoms with van der Waals surface area (Å²) in [6.07, 6.45) is 2.63. The van der Waals surface area contributed by atoms with Gasteiger partial charge in [-0.25, -0.2) is 0 Å². The molecule has 0 aromatic heterocycles. The lowest BCUT2D eigenvalue weighted by Gasteiger charge is -2.34. The summed E-state index contributed by atoms with van der Waals surface area (Å²) in [6, 6.07) is 6.33. The maximum Gasteiger partial charge on any atom is 0.0638 e. The monoisotopic (exact) mass is 240 g/mol. The summed E-state index contributed by atoms with van der Waals surface area (Å²) in [7, 11) is 1.76. The minimum absolute atomic E-state index is 0.438. The number of halogens is 1. The van der Waals surface area contributed by atoms with Crippen LogP contribution in [0.15, 0.2) is 18.2 Å². The van der Waals surface area contributed by atoms with Crippen molar-refractivity contribution in [2.45, 2.75) is 31.5 Å². The summed E-state index contributed by atoms with van der Waals surface area (Å²) in [5, 5.41) is 4.09. The van der Waals surface area contributed by atoms with Crippen LogP contribution in [0, 0.1) is 0 Å². The zero-order chi connectivity index (χ0) is 11.5. The number of benzene rings is 1. The van der Waals surface area contributed by atoms with Gasteiger partial charge in [-0.3, -0.25) is 0 Å². The van der Waals surface area contributed by atoms with E-state index >= 15 is 0 Å². The Morgan fingerprint density at radius 3 is 2.88 bits per heavy atom. The van der Waals surface area contributed by atoms with Crippen LogP contribution in [0.25, 0.3) is 0 Å². The third-order valence-corrected chi connectivity index (χ3v) is 3.42. The van der Waals surface area contributed by atoms with E-state index in [9.17, 15) is 0 Å². The lowest BCUT2D eigenvalue weighted by molar-refractivity contribution is 0.0170. The van der Waals surface area contributed by atoms with Gasteiger partial charge in [0.2, 0.25) is 0 Å². The molecule has 1 aromatic rings. The standard InChI is InChI=1S/C12H17ClN2O/c1-16-10-5-9(6-10)15-7-8-2-3-12(14)11(13)4-8/h2-4,9-10,15H,5-7,14H2,1H3. The Balaban J connectivity index is 1.80. The van der Waals surface area contributed by atoms with E-state index in [4.69, 9.17) is 22.1 Å². The van der Waals surface area contributed by atoms with E-state index < -0.39 is 0 Å². The predicted molar refractivity (Wildman–Crippen MR) is 66.5 cm³/mol. The van der Waals surface area contributed by atoms with Gasteiger partial charge in [-0.15, -0.1) is 0 Å². The molecule has 0 saturated heterocycles. The molecule has 88 valence electrons. The van der Waals surface area contributed by atoms with Crippen molar-refractivity contribution in [2.75, 3.05) is 12.8 Å². The molecule has 0 heterocycles. The molecule has 0 amide bonds. The highest BCUT2D eigenvalue weighted by atomic mass is 35.5. The van der Waals surface area contributed by atoms with Crippen LogP contribution in [0.1, 0.15) is 18.4 Å². The molecular weight excluding hydrogens is 224 g/mol. The zero-order valence-electron chi connectivity index (χ0n) is 9.37. The Hall–Kier alpha value is -0.770. The molecule has 2 rings (SSSR count). The van der Waals surface area contributed by atoms with Gasteiger partial charge in [0.25, 0.3) is 0 Å². The smallest absolute Gasteiger partial charge is 0.0638 e. The third kappa shape index (κ3) is 2.67. The molecule has 0 bridgehead atoms. The zero-order valence-corrected chi connectivity index (χ0v) is 10.1. The highest BCUT2D eigenvalue weighted by Crippen LogP contribution is 2.24. The number of nitrogens with two attached hydrogens (primary N) is 1. The highest BCUT2D eigenvalue weighted by molar-refractivity contribution is 6.33. The maximum atomic E-state index is 5.95. The second kappa shape index (κ2) is 5.04. The van der Waals surface area contributed by atoms with Gasteiger partial charge in [-0.1, -0.05) is 17.7 Å². The number of rotatable bonds is 4. The summed E-state index contributed by atoms with van der Waals surface area (Å²) in [6.45, 7) is 0.834. The topological polar surface area (TPSA) is 47.3 Å². The molecule has 3 N–H and O–H groups in total. The fraction of sp³-hybridized carbons (Fsp3) is 0.500. The van der Waals surface area contributed by atoms with E-state index in [1.807, 2.05) is 18.2 Å². The molecule has 1 aromatic carbocycles. The first-order valence-electron chi connectivity index (χ1n) is 5.49. The predicted octanol–water partition coefficient (Wildman–Crippen LogP) is 2.19. The van der Waals surface area contributed by atoms with Gasteiger partial charge < -0.3 is 15.8 Å². The lowest BCUT2D eigenvalue weighted by Crippen LogP contribution is -2.44. The number of ether oxygens (including phenoxy) is 1. The fourth-order valence-corrected chi connectivity index (χ4v) is 2.07. The summed E-state index contributed by atoms with van der Waals surface area (Å²) in [5.74, 6) is 0. The summed E-state index contributed by atoms with van der Waals surface area (Å²) in [4.78, 5) is 0. The van der Waals surface area contributed by atoms with Gasteiger partial charge in [0.15, 0.2) is 0 Å². The molecule has 1 fully saturated rings. The van der Waals surface area contributed by atoms with Crippen LogP contribution < -0.4 is 11.1 Å². The van der Waals surface area contributed by atoms with Crippen molar-refractivity contribution in [2.24, 2.45) is 0 Å². The molecule has 0 spiro atoms. The number of methoxy groups -OCH3 is 1. The van der Waals surface area contributed by atoms with Crippen LogP contribution in [0.4, 0.5) is 5.69 Å². The Labute approximate surface area is 101 Å². The summed E-state index contributed by atoms with van der Waals surface area (Å²) >= 11 is 5.95. The Bertz CT molecular complexity index is 364. The molecule has 3 nitrogen and oxygen atoms in total. The fourth-order valence-electron chi connectivity index (χ4n) is 1.87. The minimum atomic E-state index is 0.438. The summed E-state index contributed by atoms with van der Waals surface area (Å²) in [5.41, 5.74) is 7.45. The second-order valence-corrected chi connectivity index (χ2v) is 4.67. The number of anilines is 1. The molecule has 4 heteroatoms. The number of nitrogens with one attached hydrogen (secondary N) is 1. The Morgan fingerprint density at radius 2 is 2.25 bits per heavy atom. The number of hydrogen-bond acceptors (Lipinski definition) is 3. The van der Waals surface area contributed by atoms with Gasteiger partial charge in [0, 0.05) is 19.7 Å². The maximum absolute atomic E-state index is 5.95. The SMILES string of the molecule is COC1CC(NCc2ccc(N)c(Cl)c2)C1. The molecule has 0 unspecified atom stereocenters. The first-order valence-corrected chi connectivity index (χ1v) is 5.87. The first-order chi connectivity index (χ1) is 7.69. The van der Waals surface area contributed by atoms with Gasteiger partial charge >= 0.3 is 0 Å². The third-order valence-electron chi connectivity index (χ3n) is 3.09. The molecule has 0 aliphatic heterocycles. The molecule has 1 saturated carbocycles. The molecule has 0 radical (unpaired) electrons. The van der Waals surface area contributed by atoms with E-state index in [2.05, 4.69) is 5.32 Å². The average Bonchev–Trinajstić information content (AvgIpc) is 2.21. The van der Waals surface area contributed by atoms with E-state index in [1.165, 1.54) is 5.56 Å². The molecule has 16 heavy (non-hydrogen) atoms. The minimum Gasteiger partial charge on any atom is -0.398 e. The van der Waals surface area contributed by atoms with Crippen LogP contribution in [0.2, 0.25) is 5.02 Å². The number of nitrogen functional groups attached to an aromatic ring is 1. The second-order valence-electron chi connectivity index (χ2n) is 4.26. The number of hydrogen-bond donors (Lipinski definition) is 2. The first kappa shape index (κ1) is 11.7.